The number of rotatable bonds is 6. The van der Waals surface area contributed by atoms with Crippen molar-refractivity contribution in [3.8, 4) is 5.75 Å². The maximum Gasteiger partial charge on any atom is 0.251 e. The average molecular weight is 313 g/mol. The van der Waals surface area contributed by atoms with Crippen LogP contribution in [-0.4, -0.2) is 27.1 Å². The van der Waals surface area contributed by atoms with E-state index < -0.39 is 0 Å². The van der Waals surface area contributed by atoms with E-state index in [1.165, 1.54) is 6.07 Å². The third-order valence-corrected chi connectivity index (χ3v) is 4.68. The summed E-state index contributed by atoms with van der Waals surface area (Å²) < 4.78 is 2.19. The molecule has 5 heteroatoms. The number of hydrogen-bond acceptors (Lipinski definition) is 3. The molecule has 2 aromatic rings. The van der Waals surface area contributed by atoms with Gasteiger partial charge in [0.2, 0.25) is 0 Å². The molecule has 1 heterocycles. The molecule has 0 spiro atoms. The first kappa shape index (κ1) is 15.6. The molecular formula is C18H23N3O2. The van der Waals surface area contributed by atoms with Crippen LogP contribution >= 0.6 is 0 Å². The van der Waals surface area contributed by atoms with Gasteiger partial charge < -0.3 is 15.0 Å². The van der Waals surface area contributed by atoms with Crippen molar-refractivity contribution in [2.75, 3.05) is 6.54 Å². The van der Waals surface area contributed by atoms with Crippen LogP contribution in [0.15, 0.2) is 30.6 Å². The normalized spacial score (nSPS) is 15.4. The minimum absolute atomic E-state index is 0.132. The third kappa shape index (κ3) is 3.38. The molecule has 0 unspecified atom stereocenters. The lowest BCUT2D eigenvalue weighted by atomic mass is 10.1. The van der Waals surface area contributed by atoms with Gasteiger partial charge >= 0.3 is 0 Å². The summed E-state index contributed by atoms with van der Waals surface area (Å²) in [5.74, 6) is 1.11. The second kappa shape index (κ2) is 6.07. The summed E-state index contributed by atoms with van der Waals surface area (Å²) in [6.45, 7) is 5.47. The second-order valence-electron chi connectivity index (χ2n) is 6.51. The van der Waals surface area contributed by atoms with E-state index in [0.717, 1.165) is 37.2 Å². The van der Waals surface area contributed by atoms with Crippen LogP contribution in [0.25, 0.3) is 0 Å². The van der Waals surface area contributed by atoms with Crippen LogP contribution in [0.1, 0.15) is 41.5 Å². The molecule has 0 radical (unpaired) electrons. The van der Waals surface area contributed by atoms with Crippen molar-refractivity contribution in [3.05, 3.63) is 47.5 Å². The number of phenols is 1. The molecule has 1 saturated carbocycles. The first-order valence-electron chi connectivity index (χ1n) is 8.11. The Bertz CT molecular complexity index is 717. The van der Waals surface area contributed by atoms with E-state index in [2.05, 4.69) is 21.8 Å². The number of aromatic nitrogens is 2. The number of carbonyl (C=O) groups is 1. The van der Waals surface area contributed by atoms with Crippen molar-refractivity contribution >= 4 is 5.91 Å². The number of benzene rings is 1. The number of aromatic hydroxyl groups is 1. The van der Waals surface area contributed by atoms with Gasteiger partial charge in [-0.2, -0.15) is 0 Å². The Morgan fingerprint density at radius 2 is 2.22 bits per heavy atom. The highest BCUT2D eigenvalue weighted by Gasteiger charge is 2.43. The molecule has 1 aromatic heterocycles. The van der Waals surface area contributed by atoms with Crippen LogP contribution in [0, 0.1) is 12.3 Å². The van der Waals surface area contributed by atoms with Gasteiger partial charge in [-0.15, -0.1) is 0 Å². The van der Waals surface area contributed by atoms with Crippen molar-refractivity contribution < 1.29 is 9.90 Å². The van der Waals surface area contributed by atoms with Crippen LogP contribution in [-0.2, 0) is 13.0 Å². The van der Waals surface area contributed by atoms with E-state index in [1.54, 1.807) is 12.1 Å². The number of amides is 1. The molecule has 0 aliphatic heterocycles. The van der Waals surface area contributed by atoms with E-state index in [4.69, 9.17) is 0 Å². The van der Waals surface area contributed by atoms with E-state index in [1.807, 2.05) is 19.3 Å². The Morgan fingerprint density at radius 3 is 2.87 bits per heavy atom. The SMILES string of the molecule is CCc1nccn1CC1(CNC(=O)c2ccc(C)c(O)c2)CC1. The van der Waals surface area contributed by atoms with Gasteiger partial charge in [-0.3, -0.25) is 4.79 Å². The molecule has 1 fully saturated rings. The fourth-order valence-corrected chi connectivity index (χ4v) is 2.85. The van der Waals surface area contributed by atoms with Gasteiger partial charge in [0.1, 0.15) is 11.6 Å². The molecule has 0 bridgehead atoms. The molecule has 0 saturated heterocycles. The third-order valence-electron chi connectivity index (χ3n) is 4.68. The van der Waals surface area contributed by atoms with Crippen molar-refractivity contribution in [2.24, 2.45) is 5.41 Å². The number of phenolic OH excluding ortho intramolecular Hbond substituents is 1. The van der Waals surface area contributed by atoms with Crippen molar-refractivity contribution in [1.29, 1.82) is 0 Å². The maximum atomic E-state index is 12.3. The zero-order valence-corrected chi connectivity index (χ0v) is 13.7. The zero-order chi connectivity index (χ0) is 16.4. The molecule has 0 atom stereocenters. The monoisotopic (exact) mass is 313 g/mol. The number of aryl methyl sites for hydroxylation is 2. The summed E-state index contributed by atoms with van der Waals surface area (Å²) in [5.41, 5.74) is 1.42. The Labute approximate surface area is 136 Å². The van der Waals surface area contributed by atoms with Crippen LogP contribution in [0.3, 0.4) is 0 Å². The summed E-state index contributed by atoms with van der Waals surface area (Å²) in [5, 5.41) is 12.7. The van der Waals surface area contributed by atoms with Crippen LogP contribution in [0.5, 0.6) is 5.75 Å². The predicted molar refractivity (Wildman–Crippen MR) is 88.4 cm³/mol. The molecule has 3 rings (SSSR count). The van der Waals surface area contributed by atoms with Crippen LogP contribution < -0.4 is 5.32 Å². The average Bonchev–Trinajstić information content (AvgIpc) is 3.16. The molecule has 5 nitrogen and oxygen atoms in total. The topological polar surface area (TPSA) is 67.2 Å². The summed E-state index contributed by atoms with van der Waals surface area (Å²) in [4.78, 5) is 16.6. The van der Waals surface area contributed by atoms with Gasteiger partial charge in [0.05, 0.1) is 0 Å². The van der Waals surface area contributed by atoms with Gasteiger partial charge in [0, 0.05) is 42.9 Å². The molecule has 2 N–H and O–H groups in total. The van der Waals surface area contributed by atoms with Crippen molar-refractivity contribution in [1.82, 2.24) is 14.9 Å². The van der Waals surface area contributed by atoms with E-state index in [0.29, 0.717) is 12.1 Å². The Balaban J connectivity index is 1.61. The van der Waals surface area contributed by atoms with Gasteiger partial charge in [0.15, 0.2) is 0 Å². The van der Waals surface area contributed by atoms with Crippen molar-refractivity contribution in [3.63, 3.8) is 0 Å². The van der Waals surface area contributed by atoms with E-state index in [9.17, 15) is 9.90 Å². The molecule has 122 valence electrons. The highest BCUT2D eigenvalue weighted by molar-refractivity contribution is 5.94. The van der Waals surface area contributed by atoms with Crippen molar-refractivity contribution in [2.45, 2.75) is 39.7 Å². The molecule has 23 heavy (non-hydrogen) atoms. The number of carbonyl (C=O) groups excluding carboxylic acids is 1. The Morgan fingerprint density at radius 1 is 1.43 bits per heavy atom. The predicted octanol–water partition coefficient (Wildman–Crippen LogP) is 2.67. The van der Waals surface area contributed by atoms with Crippen LogP contribution in [0.4, 0.5) is 0 Å². The number of nitrogens with one attached hydrogen (secondary N) is 1. The molecule has 1 aromatic carbocycles. The summed E-state index contributed by atoms with van der Waals surface area (Å²) >= 11 is 0. The highest BCUT2D eigenvalue weighted by atomic mass is 16.3. The largest absolute Gasteiger partial charge is 0.508 e. The Kier molecular flexibility index (Phi) is 4.11. The lowest BCUT2D eigenvalue weighted by Gasteiger charge is -2.18. The standard InChI is InChI=1S/C18H23N3O2/c1-3-16-19-8-9-21(16)12-18(6-7-18)11-20-17(23)14-5-4-13(2)15(22)10-14/h4-5,8-10,22H,3,6-7,11-12H2,1-2H3,(H,20,23). The first-order valence-corrected chi connectivity index (χ1v) is 8.11. The minimum Gasteiger partial charge on any atom is -0.508 e. The quantitative estimate of drug-likeness (QED) is 0.861. The molecule has 1 aliphatic carbocycles. The van der Waals surface area contributed by atoms with Gasteiger partial charge in [0.25, 0.3) is 5.91 Å². The molecular weight excluding hydrogens is 290 g/mol. The first-order chi connectivity index (χ1) is 11.0. The lowest BCUT2D eigenvalue weighted by Crippen LogP contribution is -2.32. The zero-order valence-electron chi connectivity index (χ0n) is 13.7. The van der Waals surface area contributed by atoms with Gasteiger partial charge in [-0.05, 0) is 37.5 Å². The Hall–Kier alpha value is -2.30. The maximum absolute atomic E-state index is 12.3. The minimum atomic E-state index is -0.132. The van der Waals surface area contributed by atoms with Crippen LogP contribution in [0.2, 0.25) is 0 Å². The summed E-state index contributed by atoms with van der Waals surface area (Å²) in [6, 6.07) is 5.03. The summed E-state index contributed by atoms with van der Waals surface area (Å²) in [6.07, 6.45) is 7.00. The second-order valence-corrected chi connectivity index (χ2v) is 6.51. The number of nitrogens with zero attached hydrogens (tertiary/aromatic N) is 2. The smallest absolute Gasteiger partial charge is 0.251 e. The number of hydrogen-bond donors (Lipinski definition) is 2. The van der Waals surface area contributed by atoms with E-state index in [-0.39, 0.29) is 17.1 Å². The van der Waals surface area contributed by atoms with Gasteiger partial charge in [-0.1, -0.05) is 13.0 Å². The summed E-state index contributed by atoms with van der Waals surface area (Å²) in [7, 11) is 0. The van der Waals surface area contributed by atoms with E-state index >= 15 is 0 Å². The fraction of sp³-hybridized carbons (Fsp3) is 0.444. The lowest BCUT2D eigenvalue weighted by molar-refractivity contribution is 0.0942. The highest BCUT2D eigenvalue weighted by Crippen LogP contribution is 2.46. The fourth-order valence-electron chi connectivity index (χ4n) is 2.85. The molecule has 1 amide bonds. The molecule has 1 aliphatic rings. The number of imidazole rings is 1. The van der Waals surface area contributed by atoms with Gasteiger partial charge in [-0.25, -0.2) is 4.98 Å².